The summed E-state index contributed by atoms with van der Waals surface area (Å²) >= 11 is 0. The van der Waals surface area contributed by atoms with Crippen LogP contribution in [0.4, 0.5) is 5.82 Å². The molecule has 2 aromatic heterocycles. The highest BCUT2D eigenvalue weighted by atomic mass is 16.5. The van der Waals surface area contributed by atoms with Crippen LogP contribution < -0.4 is 15.8 Å². The number of allylic oxidation sites excluding steroid dienone is 1. The number of ether oxygens (including phenoxy) is 2. The highest BCUT2D eigenvalue weighted by Crippen LogP contribution is 2.33. The first-order valence-corrected chi connectivity index (χ1v) is 14.3. The Bertz CT molecular complexity index is 1390. The van der Waals surface area contributed by atoms with Crippen molar-refractivity contribution >= 4 is 29.0 Å². The minimum atomic E-state index is -0.273. The van der Waals surface area contributed by atoms with Crippen LogP contribution in [0.3, 0.4) is 0 Å². The normalized spacial score (nSPS) is 10.5. The molecule has 43 heavy (non-hydrogen) atoms. The summed E-state index contributed by atoms with van der Waals surface area (Å²) in [5.41, 5.74) is 9.39. The number of anilines is 1. The maximum atomic E-state index is 11.9. The molecule has 0 saturated heterocycles. The average Bonchev–Trinajstić information content (AvgIpc) is 3.41. The second kappa shape index (κ2) is 20.3. The molecule has 1 unspecified atom stereocenters. The number of carbonyl (C=O) groups is 2. The summed E-state index contributed by atoms with van der Waals surface area (Å²) in [7, 11) is 3.25. The molecular weight excluding hydrogens is 544 g/mol. The van der Waals surface area contributed by atoms with E-state index in [2.05, 4.69) is 26.6 Å². The van der Waals surface area contributed by atoms with Crippen LogP contribution in [0.2, 0.25) is 0 Å². The van der Waals surface area contributed by atoms with Crippen LogP contribution in [0.5, 0.6) is 11.5 Å². The van der Waals surface area contributed by atoms with Gasteiger partial charge in [0.25, 0.3) is 0 Å². The van der Waals surface area contributed by atoms with E-state index in [0.29, 0.717) is 54.1 Å². The number of benzene rings is 2. The van der Waals surface area contributed by atoms with Crippen LogP contribution in [0.1, 0.15) is 58.6 Å². The third kappa shape index (κ3) is 11.3. The molecule has 0 spiro atoms. The van der Waals surface area contributed by atoms with Gasteiger partial charge >= 0.3 is 0 Å². The summed E-state index contributed by atoms with van der Waals surface area (Å²) in [6, 6.07) is 15.1. The van der Waals surface area contributed by atoms with Gasteiger partial charge in [-0.05, 0) is 56.7 Å². The van der Waals surface area contributed by atoms with E-state index in [-0.39, 0.29) is 11.9 Å². The maximum Gasteiger partial charge on any atom is 0.219 e. The van der Waals surface area contributed by atoms with E-state index in [1.54, 1.807) is 31.9 Å². The molecule has 2 aromatic carbocycles. The summed E-state index contributed by atoms with van der Waals surface area (Å²) < 4.78 is 11.9. The van der Waals surface area contributed by atoms with E-state index in [1.165, 1.54) is 6.33 Å². The average molecular weight is 591 g/mol. The summed E-state index contributed by atoms with van der Waals surface area (Å²) in [5.74, 6) is 1.68. The number of aryl methyl sites for hydroxylation is 1. The smallest absolute Gasteiger partial charge is 0.219 e. The zero-order valence-corrected chi connectivity index (χ0v) is 26.5. The molecule has 4 aromatic rings. The molecule has 0 aliphatic carbocycles. The molecule has 4 rings (SSSR count). The van der Waals surface area contributed by atoms with Crippen molar-refractivity contribution in [3.8, 4) is 22.8 Å². The van der Waals surface area contributed by atoms with E-state index in [0.717, 1.165) is 23.2 Å². The van der Waals surface area contributed by atoms with Gasteiger partial charge in [-0.25, -0.2) is 14.6 Å². The summed E-state index contributed by atoms with van der Waals surface area (Å²) in [6.45, 7) is 13.4. The minimum Gasteiger partial charge on any atom is -0.457 e. The SMILES string of the molecule is C=CC.CC.CCC(=O)NCC(CCC=O)n1nc(-c2ccc(Oc3ccc(C)cc3)cc2)c2c(N)ncnc21.COC. The van der Waals surface area contributed by atoms with Crippen molar-refractivity contribution in [3.63, 3.8) is 0 Å². The molecule has 0 fully saturated rings. The third-order valence-electron chi connectivity index (χ3n) is 5.72. The van der Waals surface area contributed by atoms with Crippen molar-refractivity contribution in [2.45, 2.75) is 59.9 Å². The number of carbonyl (C=O) groups excluding carboxylic acids is 2. The Morgan fingerprint density at radius 1 is 1.07 bits per heavy atom. The van der Waals surface area contributed by atoms with Crippen LogP contribution in [-0.2, 0) is 14.3 Å². The Morgan fingerprint density at radius 3 is 2.16 bits per heavy atom. The molecular formula is C33H46N6O4. The highest BCUT2D eigenvalue weighted by Gasteiger charge is 2.22. The molecule has 0 radical (unpaired) electrons. The zero-order valence-electron chi connectivity index (χ0n) is 26.5. The van der Waals surface area contributed by atoms with Gasteiger partial charge in [-0.1, -0.05) is 44.5 Å². The number of nitrogens with one attached hydrogen (secondary N) is 1. The number of amides is 1. The number of hydrogen-bond acceptors (Lipinski definition) is 8. The standard InChI is InChI=1S/C26H28N6O3.C3H6.C2H6O.C2H6/c1-3-22(34)28-15-19(5-4-14-33)32-26-23(25(27)29-16-30-26)24(31-32)18-8-12-21(13-9-18)35-20-10-6-17(2)7-11-20;2*1-3-2;1-2/h6-14,16,19H,3-5,15H2,1-2H3,(H,28,34)(H2,27,29,30);3H,1H2,2H3;1-2H3;1-2H3. The van der Waals surface area contributed by atoms with Crippen LogP contribution >= 0.6 is 0 Å². The molecule has 232 valence electrons. The second-order valence-corrected chi connectivity index (χ2v) is 9.06. The predicted molar refractivity (Wildman–Crippen MR) is 174 cm³/mol. The fourth-order valence-corrected chi connectivity index (χ4v) is 3.80. The van der Waals surface area contributed by atoms with Gasteiger partial charge in [0, 0.05) is 39.2 Å². The fourth-order valence-electron chi connectivity index (χ4n) is 3.80. The number of rotatable bonds is 10. The number of hydrogen-bond donors (Lipinski definition) is 2. The van der Waals surface area contributed by atoms with Crippen molar-refractivity contribution in [1.29, 1.82) is 0 Å². The summed E-state index contributed by atoms with van der Waals surface area (Å²) in [4.78, 5) is 31.5. The van der Waals surface area contributed by atoms with Crippen LogP contribution in [0.25, 0.3) is 22.3 Å². The molecule has 10 nitrogen and oxygen atoms in total. The monoisotopic (exact) mass is 590 g/mol. The van der Waals surface area contributed by atoms with Crippen molar-refractivity contribution in [1.82, 2.24) is 25.1 Å². The van der Waals surface area contributed by atoms with Crippen LogP contribution in [0, 0.1) is 6.92 Å². The van der Waals surface area contributed by atoms with Crippen molar-refractivity contribution < 1.29 is 19.1 Å². The second-order valence-electron chi connectivity index (χ2n) is 9.06. The zero-order chi connectivity index (χ0) is 32.2. The van der Waals surface area contributed by atoms with Crippen LogP contribution in [0.15, 0.2) is 67.5 Å². The Hall–Kier alpha value is -4.57. The largest absolute Gasteiger partial charge is 0.457 e. The van der Waals surface area contributed by atoms with Crippen LogP contribution in [-0.4, -0.2) is 52.7 Å². The van der Waals surface area contributed by atoms with Crippen molar-refractivity contribution in [2.75, 3.05) is 26.5 Å². The van der Waals surface area contributed by atoms with Crippen molar-refractivity contribution in [2.24, 2.45) is 0 Å². The minimum absolute atomic E-state index is 0.0731. The molecule has 0 bridgehead atoms. The molecule has 0 saturated carbocycles. The van der Waals surface area contributed by atoms with E-state index in [9.17, 15) is 9.59 Å². The van der Waals surface area contributed by atoms with Gasteiger partial charge in [-0.3, -0.25) is 4.79 Å². The Labute approximate surface area is 255 Å². The predicted octanol–water partition coefficient (Wildman–Crippen LogP) is 6.70. The number of aldehydes is 1. The lowest BCUT2D eigenvalue weighted by molar-refractivity contribution is -0.120. The van der Waals surface area contributed by atoms with Crippen molar-refractivity contribution in [3.05, 3.63) is 73.1 Å². The first kappa shape index (κ1) is 36.5. The van der Waals surface area contributed by atoms with E-state index in [1.807, 2.05) is 76.2 Å². The van der Waals surface area contributed by atoms with Gasteiger partial charge in [-0.15, -0.1) is 6.58 Å². The summed E-state index contributed by atoms with van der Waals surface area (Å²) in [5, 5.41) is 8.35. The Balaban J connectivity index is 0.00000105. The van der Waals surface area contributed by atoms with Gasteiger partial charge in [0.05, 0.1) is 11.4 Å². The van der Waals surface area contributed by atoms with E-state index < -0.39 is 0 Å². The van der Waals surface area contributed by atoms with E-state index >= 15 is 0 Å². The first-order valence-electron chi connectivity index (χ1n) is 14.3. The van der Waals surface area contributed by atoms with Gasteiger partial charge in [0.1, 0.15) is 35.6 Å². The topological polar surface area (TPSA) is 134 Å². The number of methoxy groups -OCH3 is 1. The number of nitrogens with zero attached hydrogens (tertiary/aromatic N) is 4. The van der Waals surface area contributed by atoms with Gasteiger partial charge in [0.2, 0.25) is 5.91 Å². The van der Waals surface area contributed by atoms with Gasteiger partial charge in [0.15, 0.2) is 5.65 Å². The van der Waals surface area contributed by atoms with Gasteiger partial charge in [-0.2, -0.15) is 5.10 Å². The molecule has 2 heterocycles. The highest BCUT2D eigenvalue weighted by molar-refractivity contribution is 5.98. The van der Waals surface area contributed by atoms with Gasteiger partial charge < -0.3 is 25.3 Å². The summed E-state index contributed by atoms with van der Waals surface area (Å²) in [6.07, 6.45) is 5.19. The first-order chi connectivity index (χ1) is 20.8. The molecule has 1 amide bonds. The number of aromatic nitrogens is 4. The number of nitrogens with two attached hydrogens (primary N) is 1. The lowest BCUT2D eigenvalue weighted by Gasteiger charge is -2.17. The molecule has 3 N–H and O–H groups in total. The maximum absolute atomic E-state index is 11.9. The molecule has 0 aliphatic rings. The number of nitrogen functional groups attached to an aromatic ring is 1. The molecule has 0 aliphatic heterocycles. The Morgan fingerprint density at radius 2 is 1.63 bits per heavy atom. The number of fused-ring (bicyclic) bond motifs is 1. The molecule has 10 heteroatoms. The molecule has 1 atom stereocenters. The Kier molecular flexibility index (Phi) is 17.2. The van der Waals surface area contributed by atoms with E-state index in [4.69, 9.17) is 15.6 Å². The lowest BCUT2D eigenvalue weighted by atomic mass is 10.1. The third-order valence-corrected chi connectivity index (χ3v) is 5.72. The lowest BCUT2D eigenvalue weighted by Crippen LogP contribution is -2.31. The fraction of sp³-hybridized carbons (Fsp3) is 0.364. The quantitative estimate of drug-likeness (QED) is 0.154.